The zero-order valence-corrected chi connectivity index (χ0v) is 12.8. The van der Waals surface area contributed by atoms with Crippen molar-refractivity contribution in [3.05, 3.63) is 53.7 Å². The Kier molecular flexibility index (Phi) is 3.89. The molecule has 3 aromatic rings. The van der Waals surface area contributed by atoms with E-state index in [1.807, 2.05) is 18.3 Å². The number of hydrogen-bond acceptors (Lipinski definition) is 4. The van der Waals surface area contributed by atoms with Crippen LogP contribution >= 0.6 is 0 Å². The molecule has 0 fully saturated rings. The number of nitrogens with zero attached hydrogens (tertiary/aromatic N) is 2. The third-order valence-electron chi connectivity index (χ3n) is 3.60. The third-order valence-corrected chi connectivity index (χ3v) is 3.60. The summed E-state index contributed by atoms with van der Waals surface area (Å²) in [5.41, 5.74) is 2.06. The molecule has 0 saturated heterocycles. The summed E-state index contributed by atoms with van der Waals surface area (Å²) in [5.74, 6) is 0.363. The molecular formula is C17H16N2O4. The highest BCUT2D eigenvalue weighted by atomic mass is 16.5. The Hall–Kier alpha value is -3.02. The molecule has 1 N–H and O–H groups in total. The molecule has 3 rings (SSSR count). The van der Waals surface area contributed by atoms with Crippen LogP contribution in [0.4, 0.5) is 0 Å². The second-order valence-electron chi connectivity index (χ2n) is 5.09. The van der Waals surface area contributed by atoms with Gasteiger partial charge < -0.3 is 14.6 Å². The average Bonchev–Trinajstić information content (AvgIpc) is 2.94. The Bertz CT molecular complexity index is 812. The lowest BCUT2D eigenvalue weighted by atomic mass is 10.1. The fraction of sp³-hybridized carbons (Fsp3) is 0.176. The number of methoxy groups -OCH3 is 2. The molecular weight excluding hydrogens is 296 g/mol. The van der Waals surface area contributed by atoms with Gasteiger partial charge in [0.1, 0.15) is 0 Å². The number of aromatic carboxylic acids is 1. The highest BCUT2D eigenvalue weighted by Gasteiger charge is 2.09. The predicted octanol–water partition coefficient (Wildman–Crippen LogP) is 2.80. The van der Waals surface area contributed by atoms with E-state index < -0.39 is 5.97 Å². The molecule has 0 saturated carbocycles. The lowest BCUT2D eigenvalue weighted by Gasteiger charge is -2.06. The molecule has 6 nitrogen and oxygen atoms in total. The topological polar surface area (TPSA) is 73.6 Å². The van der Waals surface area contributed by atoms with Crippen LogP contribution in [0, 0.1) is 0 Å². The first-order valence-electron chi connectivity index (χ1n) is 7.02. The first-order chi connectivity index (χ1) is 11.1. The van der Waals surface area contributed by atoms with Crippen LogP contribution in [0.2, 0.25) is 0 Å². The van der Waals surface area contributed by atoms with E-state index in [0.29, 0.717) is 18.0 Å². The number of ether oxygens (including phenoxy) is 2. The van der Waals surface area contributed by atoms with Gasteiger partial charge >= 0.3 is 5.97 Å². The van der Waals surface area contributed by atoms with Crippen molar-refractivity contribution in [2.24, 2.45) is 0 Å². The van der Waals surface area contributed by atoms with Crippen LogP contribution in [0.5, 0.6) is 11.5 Å². The molecule has 0 atom stereocenters. The first kappa shape index (κ1) is 14.9. The SMILES string of the molecule is COc1cc2cn(Cc3ccc(C(=O)O)cc3)nc2cc1OC. The minimum Gasteiger partial charge on any atom is -0.493 e. The number of aromatic nitrogens is 2. The molecule has 0 spiro atoms. The maximum atomic E-state index is 10.9. The van der Waals surface area contributed by atoms with Crippen molar-refractivity contribution >= 4 is 16.9 Å². The predicted molar refractivity (Wildman–Crippen MR) is 85.3 cm³/mol. The molecule has 1 heterocycles. The van der Waals surface area contributed by atoms with Gasteiger partial charge in [-0.15, -0.1) is 0 Å². The van der Waals surface area contributed by atoms with Gasteiger partial charge in [-0.2, -0.15) is 5.10 Å². The molecule has 0 amide bonds. The van der Waals surface area contributed by atoms with Crippen molar-refractivity contribution in [2.75, 3.05) is 14.2 Å². The largest absolute Gasteiger partial charge is 0.493 e. The quantitative estimate of drug-likeness (QED) is 0.784. The van der Waals surface area contributed by atoms with Gasteiger partial charge in [-0.05, 0) is 23.8 Å². The van der Waals surface area contributed by atoms with Gasteiger partial charge in [-0.3, -0.25) is 4.68 Å². The van der Waals surface area contributed by atoms with Crippen molar-refractivity contribution in [3.8, 4) is 11.5 Å². The molecule has 118 valence electrons. The maximum Gasteiger partial charge on any atom is 0.335 e. The van der Waals surface area contributed by atoms with Gasteiger partial charge in [0.2, 0.25) is 0 Å². The Morgan fingerprint density at radius 3 is 2.39 bits per heavy atom. The van der Waals surface area contributed by atoms with Crippen molar-refractivity contribution in [1.29, 1.82) is 0 Å². The second-order valence-corrected chi connectivity index (χ2v) is 5.09. The molecule has 0 radical (unpaired) electrons. The van der Waals surface area contributed by atoms with E-state index in [4.69, 9.17) is 14.6 Å². The summed E-state index contributed by atoms with van der Waals surface area (Å²) in [6.07, 6.45) is 1.92. The van der Waals surface area contributed by atoms with Crippen molar-refractivity contribution in [2.45, 2.75) is 6.54 Å². The van der Waals surface area contributed by atoms with Gasteiger partial charge in [0.15, 0.2) is 11.5 Å². The minimum atomic E-state index is -0.930. The number of benzene rings is 2. The number of hydrogen-bond donors (Lipinski definition) is 1. The van der Waals surface area contributed by atoms with E-state index in [-0.39, 0.29) is 5.56 Å². The minimum absolute atomic E-state index is 0.272. The van der Waals surface area contributed by atoms with E-state index in [1.165, 1.54) is 0 Å². The molecule has 0 bridgehead atoms. The normalized spacial score (nSPS) is 10.7. The highest BCUT2D eigenvalue weighted by Crippen LogP contribution is 2.31. The Balaban J connectivity index is 1.89. The lowest BCUT2D eigenvalue weighted by molar-refractivity contribution is 0.0697. The Morgan fingerprint density at radius 1 is 1.13 bits per heavy atom. The second kappa shape index (κ2) is 6.00. The summed E-state index contributed by atoms with van der Waals surface area (Å²) in [7, 11) is 3.18. The summed E-state index contributed by atoms with van der Waals surface area (Å²) in [5, 5.41) is 14.4. The molecule has 23 heavy (non-hydrogen) atoms. The number of carboxylic acids is 1. The summed E-state index contributed by atoms with van der Waals surface area (Å²) >= 11 is 0. The van der Waals surface area contributed by atoms with Crippen molar-refractivity contribution < 1.29 is 19.4 Å². The van der Waals surface area contributed by atoms with Crippen LogP contribution in [0.15, 0.2) is 42.6 Å². The molecule has 0 aliphatic carbocycles. The number of rotatable bonds is 5. The lowest BCUT2D eigenvalue weighted by Crippen LogP contribution is -2.01. The van der Waals surface area contributed by atoms with Crippen LogP contribution in [0.25, 0.3) is 10.9 Å². The summed E-state index contributed by atoms with van der Waals surface area (Å²) in [6, 6.07) is 10.5. The number of fused-ring (bicyclic) bond motifs is 1. The van der Waals surface area contributed by atoms with Gasteiger partial charge in [0.05, 0.1) is 31.8 Å². The first-order valence-corrected chi connectivity index (χ1v) is 7.02. The Morgan fingerprint density at radius 2 is 1.78 bits per heavy atom. The molecule has 1 aromatic heterocycles. The summed E-state index contributed by atoms with van der Waals surface area (Å²) < 4.78 is 12.4. The smallest absolute Gasteiger partial charge is 0.335 e. The fourth-order valence-electron chi connectivity index (χ4n) is 2.42. The van der Waals surface area contributed by atoms with E-state index in [9.17, 15) is 4.79 Å². The fourth-order valence-corrected chi connectivity index (χ4v) is 2.42. The van der Waals surface area contributed by atoms with E-state index in [0.717, 1.165) is 16.5 Å². The zero-order chi connectivity index (χ0) is 16.4. The van der Waals surface area contributed by atoms with E-state index in [2.05, 4.69) is 5.10 Å². The van der Waals surface area contributed by atoms with Crippen LogP contribution in [-0.2, 0) is 6.54 Å². The van der Waals surface area contributed by atoms with E-state index >= 15 is 0 Å². The molecule has 0 aliphatic rings. The molecule has 0 aliphatic heterocycles. The van der Waals surface area contributed by atoms with E-state index in [1.54, 1.807) is 43.2 Å². The summed E-state index contributed by atoms with van der Waals surface area (Å²) in [4.78, 5) is 10.9. The highest BCUT2D eigenvalue weighted by molar-refractivity contribution is 5.87. The average molecular weight is 312 g/mol. The maximum absolute atomic E-state index is 10.9. The monoisotopic (exact) mass is 312 g/mol. The Labute approximate surface area is 132 Å². The van der Waals surface area contributed by atoms with Gasteiger partial charge in [-0.1, -0.05) is 12.1 Å². The van der Waals surface area contributed by atoms with Gasteiger partial charge in [0.25, 0.3) is 0 Å². The van der Waals surface area contributed by atoms with Gasteiger partial charge in [0, 0.05) is 17.6 Å². The van der Waals surface area contributed by atoms with Crippen LogP contribution in [-0.4, -0.2) is 35.1 Å². The summed E-state index contributed by atoms with van der Waals surface area (Å²) in [6.45, 7) is 0.555. The van der Waals surface area contributed by atoms with Crippen LogP contribution in [0.1, 0.15) is 15.9 Å². The van der Waals surface area contributed by atoms with Crippen molar-refractivity contribution in [3.63, 3.8) is 0 Å². The number of carbonyl (C=O) groups is 1. The van der Waals surface area contributed by atoms with Gasteiger partial charge in [-0.25, -0.2) is 4.79 Å². The third kappa shape index (κ3) is 2.96. The number of carboxylic acid groups (broad SMARTS) is 1. The molecule has 2 aromatic carbocycles. The van der Waals surface area contributed by atoms with Crippen molar-refractivity contribution in [1.82, 2.24) is 9.78 Å². The molecule has 6 heteroatoms. The molecule has 0 unspecified atom stereocenters. The van der Waals surface area contributed by atoms with Crippen LogP contribution < -0.4 is 9.47 Å². The zero-order valence-electron chi connectivity index (χ0n) is 12.8. The standard InChI is InChI=1S/C17H16N2O4/c1-22-15-7-13-10-19(18-14(13)8-16(15)23-2)9-11-3-5-12(6-4-11)17(20)21/h3-8,10H,9H2,1-2H3,(H,20,21). The van der Waals surface area contributed by atoms with Crippen LogP contribution in [0.3, 0.4) is 0 Å².